The van der Waals surface area contributed by atoms with Gasteiger partial charge < -0.3 is 10.2 Å². The summed E-state index contributed by atoms with van der Waals surface area (Å²) in [6, 6.07) is 11.4. The molecular weight excluding hydrogens is 272 g/mol. The minimum Gasteiger partial charge on any atom is -0.508 e. The summed E-state index contributed by atoms with van der Waals surface area (Å²) < 4.78 is 0. The Morgan fingerprint density at radius 3 is 2.23 bits per heavy atom. The molecule has 0 heterocycles. The standard InChI is InChI=1S/2C10H14O/c1-7(2)9-4-8(3)5-10(11)6-9;1-3-5-9-6-4-7-10(11)8(9)2/h4-7,11H,1-3H3;4,6-7,11H,3,5H2,1-2H3. The summed E-state index contributed by atoms with van der Waals surface area (Å²) >= 11 is 0. The predicted molar refractivity (Wildman–Crippen MR) is 93.8 cm³/mol. The van der Waals surface area contributed by atoms with Crippen molar-refractivity contribution in [2.75, 3.05) is 0 Å². The van der Waals surface area contributed by atoms with Gasteiger partial charge in [-0.15, -0.1) is 0 Å². The third-order valence-electron chi connectivity index (χ3n) is 3.69. The van der Waals surface area contributed by atoms with Crippen LogP contribution in [0.3, 0.4) is 0 Å². The Balaban J connectivity index is 0.000000220. The van der Waals surface area contributed by atoms with Gasteiger partial charge in [0, 0.05) is 0 Å². The van der Waals surface area contributed by atoms with Gasteiger partial charge in [0.2, 0.25) is 0 Å². The van der Waals surface area contributed by atoms with Crippen LogP contribution in [-0.4, -0.2) is 10.2 Å². The van der Waals surface area contributed by atoms with Crippen molar-refractivity contribution in [1.29, 1.82) is 0 Å². The van der Waals surface area contributed by atoms with Gasteiger partial charge in [-0.1, -0.05) is 45.4 Å². The van der Waals surface area contributed by atoms with Gasteiger partial charge in [-0.3, -0.25) is 0 Å². The molecule has 2 N–H and O–H groups in total. The summed E-state index contributed by atoms with van der Waals surface area (Å²) in [6.07, 6.45) is 2.19. The highest BCUT2D eigenvalue weighted by atomic mass is 16.3. The van der Waals surface area contributed by atoms with E-state index in [9.17, 15) is 10.2 Å². The van der Waals surface area contributed by atoms with E-state index in [1.165, 1.54) is 11.1 Å². The van der Waals surface area contributed by atoms with Crippen LogP contribution < -0.4 is 0 Å². The molecule has 0 aliphatic carbocycles. The second-order valence-corrected chi connectivity index (χ2v) is 6.07. The molecule has 0 fully saturated rings. The highest BCUT2D eigenvalue weighted by Crippen LogP contribution is 2.21. The molecule has 0 bridgehead atoms. The summed E-state index contributed by atoms with van der Waals surface area (Å²) in [7, 11) is 0. The molecule has 0 aliphatic heterocycles. The Kier molecular flexibility index (Phi) is 6.97. The Morgan fingerprint density at radius 2 is 1.68 bits per heavy atom. The van der Waals surface area contributed by atoms with Gasteiger partial charge in [0.1, 0.15) is 11.5 Å². The van der Waals surface area contributed by atoms with E-state index in [1.807, 2.05) is 26.0 Å². The monoisotopic (exact) mass is 300 g/mol. The van der Waals surface area contributed by atoms with Crippen LogP contribution in [-0.2, 0) is 6.42 Å². The van der Waals surface area contributed by atoms with Crippen molar-refractivity contribution in [3.63, 3.8) is 0 Å². The van der Waals surface area contributed by atoms with E-state index in [4.69, 9.17) is 0 Å². The lowest BCUT2D eigenvalue weighted by molar-refractivity contribution is 0.470. The molecule has 120 valence electrons. The maximum absolute atomic E-state index is 9.33. The van der Waals surface area contributed by atoms with Gasteiger partial charge in [0.25, 0.3) is 0 Å². The molecule has 0 radical (unpaired) electrons. The Morgan fingerprint density at radius 1 is 1.00 bits per heavy atom. The van der Waals surface area contributed by atoms with Crippen molar-refractivity contribution in [2.24, 2.45) is 0 Å². The van der Waals surface area contributed by atoms with E-state index >= 15 is 0 Å². The SMILES string of the molecule is CCCc1cccc(O)c1C.Cc1cc(O)cc(C(C)C)c1. The number of phenols is 2. The summed E-state index contributed by atoms with van der Waals surface area (Å²) in [6.45, 7) is 10.3. The molecule has 2 rings (SSSR count). The summed E-state index contributed by atoms with van der Waals surface area (Å²) in [5, 5.41) is 18.6. The van der Waals surface area contributed by atoms with Crippen LogP contribution in [0.25, 0.3) is 0 Å². The number of aromatic hydroxyl groups is 2. The van der Waals surface area contributed by atoms with E-state index in [0.717, 1.165) is 24.0 Å². The van der Waals surface area contributed by atoms with Gasteiger partial charge in [-0.2, -0.15) is 0 Å². The zero-order valence-corrected chi connectivity index (χ0v) is 14.4. The number of aryl methyl sites for hydroxylation is 2. The first-order chi connectivity index (χ1) is 10.3. The molecule has 2 aromatic carbocycles. The number of phenolic OH excluding ortho intramolecular Hbond substituents is 2. The second kappa shape index (κ2) is 8.47. The lowest BCUT2D eigenvalue weighted by atomic mass is 10.0. The van der Waals surface area contributed by atoms with Crippen LogP contribution in [0.4, 0.5) is 0 Å². The molecule has 0 aromatic heterocycles. The van der Waals surface area contributed by atoms with Crippen molar-refractivity contribution in [1.82, 2.24) is 0 Å². The molecule has 0 atom stereocenters. The smallest absolute Gasteiger partial charge is 0.118 e. The lowest BCUT2D eigenvalue weighted by Gasteiger charge is -2.06. The minimum atomic E-state index is 0.369. The minimum absolute atomic E-state index is 0.369. The molecule has 0 unspecified atom stereocenters. The fourth-order valence-electron chi connectivity index (χ4n) is 2.34. The van der Waals surface area contributed by atoms with Crippen molar-refractivity contribution in [3.8, 4) is 11.5 Å². The quantitative estimate of drug-likeness (QED) is 0.788. The molecule has 22 heavy (non-hydrogen) atoms. The number of hydrogen-bond acceptors (Lipinski definition) is 2. The number of rotatable bonds is 3. The molecule has 0 amide bonds. The van der Waals surface area contributed by atoms with Crippen molar-refractivity contribution in [2.45, 2.75) is 53.4 Å². The molecule has 0 saturated heterocycles. The van der Waals surface area contributed by atoms with Gasteiger partial charge in [-0.25, -0.2) is 0 Å². The van der Waals surface area contributed by atoms with Crippen LogP contribution in [0.2, 0.25) is 0 Å². The lowest BCUT2D eigenvalue weighted by Crippen LogP contribution is -1.87. The normalized spacial score (nSPS) is 10.3. The van der Waals surface area contributed by atoms with Crippen LogP contribution in [0.5, 0.6) is 11.5 Å². The summed E-state index contributed by atoms with van der Waals surface area (Å²) in [5.74, 6) is 1.27. The van der Waals surface area contributed by atoms with Crippen LogP contribution in [0.1, 0.15) is 55.4 Å². The highest BCUT2D eigenvalue weighted by Gasteiger charge is 2.01. The largest absolute Gasteiger partial charge is 0.508 e. The second-order valence-electron chi connectivity index (χ2n) is 6.07. The average Bonchev–Trinajstić information content (AvgIpc) is 2.44. The molecule has 2 heteroatoms. The average molecular weight is 300 g/mol. The Labute approximate surface area is 134 Å². The van der Waals surface area contributed by atoms with E-state index in [0.29, 0.717) is 17.4 Å². The third-order valence-corrected chi connectivity index (χ3v) is 3.69. The highest BCUT2D eigenvalue weighted by molar-refractivity contribution is 5.38. The summed E-state index contributed by atoms with van der Waals surface area (Å²) in [4.78, 5) is 0. The van der Waals surface area contributed by atoms with Gasteiger partial charge in [-0.05, 0) is 66.6 Å². The van der Waals surface area contributed by atoms with Crippen LogP contribution >= 0.6 is 0 Å². The zero-order chi connectivity index (χ0) is 16.7. The van der Waals surface area contributed by atoms with Crippen molar-refractivity contribution < 1.29 is 10.2 Å². The molecular formula is C20H28O2. The van der Waals surface area contributed by atoms with E-state index in [1.54, 1.807) is 12.1 Å². The van der Waals surface area contributed by atoms with Gasteiger partial charge in [0.15, 0.2) is 0 Å². The molecule has 0 spiro atoms. The maximum Gasteiger partial charge on any atom is 0.118 e. The first-order valence-corrected chi connectivity index (χ1v) is 7.93. The topological polar surface area (TPSA) is 40.5 Å². The Bertz CT molecular complexity index is 580. The van der Waals surface area contributed by atoms with Gasteiger partial charge in [0.05, 0.1) is 0 Å². The fourth-order valence-corrected chi connectivity index (χ4v) is 2.34. The molecule has 2 aromatic rings. The number of benzene rings is 2. The first-order valence-electron chi connectivity index (χ1n) is 7.93. The van der Waals surface area contributed by atoms with Crippen molar-refractivity contribution in [3.05, 3.63) is 58.7 Å². The van der Waals surface area contributed by atoms with Gasteiger partial charge >= 0.3 is 0 Å². The van der Waals surface area contributed by atoms with E-state index in [2.05, 4.69) is 32.9 Å². The molecule has 0 saturated carbocycles. The zero-order valence-electron chi connectivity index (χ0n) is 14.4. The molecule has 0 aliphatic rings. The van der Waals surface area contributed by atoms with E-state index < -0.39 is 0 Å². The van der Waals surface area contributed by atoms with Crippen LogP contribution in [0.15, 0.2) is 36.4 Å². The maximum atomic E-state index is 9.33. The third kappa shape index (κ3) is 5.44. The Hall–Kier alpha value is -1.96. The van der Waals surface area contributed by atoms with Crippen LogP contribution in [0, 0.1) is 13.8 Å². The summed E-state index contributed by atoms with van der Waals surface area (Å²) in [5.41, 5.74) is 4.60. The predicted octanol–water partition coefficient (Wildman–Crippen LogP) is 5.48. The van der Waals surface area contributed by atoms with E-state index in [-0.39, 0.29) is 0 Å². The fraction of sp³-hybridized carbons (Fsp3) is 0.400. The van der Waals surface area contributed by atoms with Crippen molar-refractivity contribution >= 4 is 0 Å². The number of hydrogen-bond donors (Lipinski definition) is 2. The first kappa shape index (κ1) is 18.1. The molecule has 2 nitrogen and oxygen atoms in total.